The molecule has 3 saturated carbocycles. The first-order valence-electron chi connectivity index (χ1n) is 14.2. The van der Waals surface area contributed by atoms with E-state index in [1.807, 2.05) is 24.3 Å². The van der Waals surface area contributed by atoms with Crippen molar-refractivity contribution in [1.29, 1.82) is 0 Å². The van der Waals surface area contributed by atoms with Crippen molar-refractivity contribution in [3.63, 3.8) is 0 Å². The number of nitrogens with one attached hydrogen (secondary N) is 1. The van der Waals surface area contributed by atoms with Gasteiger partial charge in [-0.1, -0.05) is 45.2 Å². The molecule has 0 radical (unpaired) electrons. The topological polar surface area (TPSA) is 93.5 Å². The second-order valence-corrected chi connectivity index (χ2v) is 11.9. The molecule has 5 rings (SSSR count). The molecular formula is C30H41N3O4. The van der Waals surface area contributed by atoms with Crippen molar-refractivity contribution in [2.75, 3.05) is 6.61 Å². The van der Waals surface area contributed by atoms with Gasteiger partial charge in [0.2, 0.25) is 5.88 Å². The van der Waals surface area contributed by atoms with E-state index in [-0.39, 0.29) is 18.4 Å². The molecule has 1 amide bonds. The molecule has 7 nitrogen and oxygen atoms in total. The molecule has 0 spiro atoms. The van der Waals surface area contributed by atoms with E-state index in [2.05, 4.69) is 24.3 Å². The van der Waals surface area contributed by atoms with E-state index in [0.29, 0.717) is 48.1 Å². The lowest BCUT2D eigenvalue weighted by Gasteiger charge is -2.25. The molecule has 2 N–H and O–H groups in total. The molecule has 3 aliphatic rings. The van der Waals surface area contributed by atoms with Crippen LogP contribution in [0.25, 0.3) is 5.69 Å². The highest BCUT2D eigenvalue weighted by Gasteiger charge is 2.48. The highest BCUT2D eigenvalue weighted by atomic mass is 16.5. The van der Waals surface area contributed by atoms with Gasteiger partial charge in [-0.25, -0.2) is 4.68 Å². The molecule has 1 aromatic heterocycles. The van der Waals surface area contributed by atoms with Gasteiger partial charge < -0.3 is 15.2 Å². The minimum Gasteiger partial charge on any atom is -0.481 e. The van der Waals surface area contributed by atoms with Crippen molar-refractivity contribution < 1.29 is 19.4 Å². The average molecular weight is 508 g/mol. The van der Waals surface area contributed by atoms with Crippen LogP contribution >= 0.6 is 0 Å². The van der Waals surface area contributed by atoms with E-state index in [1.165, 1.54) is 32.1 Å². The van der Waals surface area contributed by atoms with Crippen LogP contribution in [0, 0.1) is 29.6 Å². The lowest BCUT2D eigenvalue weighted by molar-refractivity contribution is -0.136. The van der Waals surface area contributed by atoms with Crippen molar-refractivity contribution in [3.8, 4) is 11.6 Å². The molecule has 0 aliphatic heterocycles. The first-order chi connectivity index (χ1) is 17.9. The Morgan fingerprint density at radius 2 is 1.95 bits per heavy atom. The van der Waals surface area contributed by atoms with Gasteiger partial charge in [-0.05, 0) is 85.8 Å². The van der Waals surface area contributed by atoms with Crippen LogP contribution in [0.1, 0.15) is 87.6 Å². The number of carbonyl (C=O) groups excluding carboxylic acids is 1. The third-order valence-corrected chi connectivity index (χ3v) is 8.76. The number of aliphatic carboxylic acids is 1. The summed E-state index contributed by atoms with van der Waals surface area (Å²) in [5.41, 5.74) is 2.17. The van der Waals surface area contributed by atoms with Crippen molar-refractivity contribution >= 4 is 11.9 Å². The summed E-state index contributed by atoms with van der Waals surface area (Å²) in [6.07, 6.45) is 11.8. The molecular weight excluding hydrogens is 466 g/mol. The van der Waals surface area contributed by atoms with Gasteiger partial charge in [-0.3, -0.25) is 9.59 Å². The SMILES string of the molecule is CC1CC(C)C(NC(=O)c2cnn(-c3cccc(CCC(=O)O)c3)c2OCC2CCCCC2)C2CC2C1. The summed E-state index contributed by atoms with van der Waals surface area (Å²) in [6, 6.07) is 7.88. The van der Waals surface area contributed by atoms with Crippen LogP contribution in [-0.2, 0) is 11.2 Å². The van der Waals surface area contributed by atoms with Gasteiger partial charge in [0.05, 0.1) is 18.5 Å². The number of aryl methyl sites for hydroxylation is 1. The number of fused-ring (bicyclic) bond motifs is 1. The second-order valence-electron chi connectivity index (χ2n) is 11.9. The fourth-order valence-corrected chi connectivity index (χ4v) is 6.74. The normalized spacial score (nSPS) is 27.7. The van der Waals surface area contributed by atoms with Gasteiger partial charge in [0.25, 0.3) is 5.91 Å². The van der Waals surface area contributed by atoms with E-state index in [0.717, 1.165) is 36.4 Å². The fraction of sp³-hybridized carbons (Fsp3) is 0.633. The van der Waals surface area contributed by atoms with Crippen LogP contribution in [0.4, 0.5) is 0 Å². The van der Waals surface area contributed by atoms with Crippen LogP contribution in [0.3, 0.4) is 0 Å². The van der Waals surface area contributed by atoms with Crippen LogP contribution in [0.5, 0.6) is 5.88 Å². The summed E-state index contributed by atoms with van der Waals surface area (Å²) >= 11 is 0. The quantitative estimate of drug-likeness (QED) is 0.458. The summed E-state index contributed by atoms with van der Waals surface area (Å²) in [5, 5.41) is 17.1. The van der Waals surface area contributed by atoms with Gasteiger partial charge >= 0.3 is 5.97 Å². The van der Waals surface area contributed by atoms with E-state index in [9.17, 15) is 9.59 Å². The van der Waals surface area contributed by atoms with Gasteiger partial charge in [0, 0.05) is 12.5 Å². The van der Waals surface area contributed by atoms with E-state index in [1.54, 1.807) is 10.9 Å². The molecule has 200 valence electrons. The van der Waals surface area contributed by atoms with Crippen LogP contribution < -0.4 is 10.1 Å². The Labute approximate surface area is 220 Å². The molecule has 5 unspecified atom stereocenters. The van der Waals surface area contributed by atoms with Gasteiger partial charge in [-0.2, -0.15) is 5.10 Å². The predicted octanol–water partition coefficient (Wildman–Crippen LogP) is 5.65. The summed E-state index contributed by atoms with van der Waals surface area (Å²) in [7, 11) is 0. The molecule has 3 aliphatic carbocycles. The molecule has 1 aromatic carbocycles. The maximum absolute atomic E-state index is 13.7. The zero-order valence-corrected chi connectivity index (χ0v) is 22.2. The van der Waals surface area contributed by atoms with Crippen LogP contribution in [-0.4, -0.2) is 39.4 Å². The molecule has 0 saturated heterocycles. The zero-order chi connectivity index (χ0) is 25.9. The molecule has 1 heterocycles. The average Bonchev–Trinajstić information content (AvgIpc) is 3.52. The highest BCUT2D eigenvalue weighted by molar-refractivity contribution is 5.96. The lowest BCUT2D eigenvalue weighted by atomic mass is 9.90. The van der Waals surface area contributed by atoms with Gasteiger partial charge in [-0.15, -0.1) is 0 Å². The van der Waals surface area contributed by atoms with E-state index < -0.39 is 5.97 Å². The molecule has 0 bridgehead atoms. The maximum Gasteiger partial charge on any atom is 0.303 e. The Bertz CT molecular complexity index is 1110. The number of benzene rings is 1. The zero-order valence-electron chi connectivity index (χ0n) is 22.2. The second kappa shape index (κ2) is 11.3. The fourth-order valence-electron chi connectivity index (χ4n) is 6.74. The number of hydrogen-bond acceptors (Lipinski definition) is 4. The number of aromatic nitrogens is 2. The lowest BCUT2D eigenvalue weighted by Crippen LogP contribution is -2.41. The Hall–Kier alpha value is -2.83. The summed E-state index contributed by atoms with van der Waals surface area (Å²) in [4.78, 5) is 24.7. The van der Waals surface area contributed by atoms with Crippen molar-refractivity contribution in [2.45, 2.75) is 84.1 Å². The predicted molar refractivity (Wildman–Crippen MR) is 142 cm³/mol. The van der Waals surface area contributed by atoms with Crippen LogP contribution in [0.15, 0.2) is 30.5 Å². The summed E-state index contributed by atoms with van der Waals surface area (Å²) in [5.74, 6) is 2.52. The summed E-state index contributed by atoms with van der Waals surface area (Å²) < 4.78 is 8.11. The minimum atomic E-state index is -0.819. The molecule has 7 heteroatoms. The minimum absolute atomic E-state index is 0.0710. The van der Waals surface area contributed by atoms with Crippen molar-refractivity contribution in [3.05, 3.63) is 41.6 Å². The Morgan fingerprint density at radius 3 is 2.73 bits per heavy atom. The van der Waals surface area contributed by atoms with Crippen molar-refractivity contribution in [2.24, 2.45) is 29.6 Å². The number of nitrogens with zero attached hydrogens (tertiary/aromatic N) is 2. The Balaban J connectivity index is 1.39. The Kier molecular flexibility index (Phi) is 7.87. The van der Waals surface area contributed by atoms with Crippen molar-refractivity contribution in [1.82, 2.24) is 15.1 Å². The Morgan fingerprint density at radius 1 is 1.14 bits per heavy atom. The molecule has 3 fully saturated rings. The number of ether oxygens (including phenoxy) is 1. The van der Waals surface area contributed by atoms with E-state index >= 15 is 0 Å². The monoisotopic (exact) mass is 507 g/mol. The van der Waals surface area contributed by atoms with Crippen LogP contribution in [0.2, 0.25) is 0 Å². The number of rotatable bonds is 9. The first kappa shape index (κ1) is 25.8. The maximum atomic E-state index is 13.7. The van der Waals surface area contributed by atoms with Gasteiger partial charge in [0.15, 0.2) is 0 Å². The summed E-state index contributed by atoms with van der Waals surface area (Å²) in [6.45, 7) is 5.18. The molecule has 5 atom stereocenters. The third kappa shape index (κ3) is 6.19. The molecule has 37 heavy (non-hydrogen) atoms. The largest absolute Gasteiger partial charge is 0.481 e. The highest BCUT2D eigenvalue weighted by Crippen LogP contribution is 2.51. The van der Waals surface area contributed by atoms with Gasteiger partial charge in [0.1, 0.15) is 5.56 Å². The number of carbonyl (C=O) groups is 2. The van der Waals surface area contributed by atoms with E-state index in [4.69, 9.17) is 9.84 Å². The number of amides is 1. The smallest absolute Gasteiger partial charge is 0.303 e. The number of carboxylic acids is 1. The number of hydrogen-bond donors (Lipinski definition) is 2. The third-order valence-electron chi connectivity index (χ3n) is 8.76. The molecule has 2 aromatic rings. The standard InChI is InChI=1S/C30H41N3O4/c1-19-13-20(2)28(25-16-23(25)14-19)32-29(36)26-17-31-33(30(26)37-18-22-7-4-3-5-8-22)24-10-6-9-21(15-24)11-12-27(34)35/h6,9-10,15,17,19-20,22-23,25,28H,3-5,7-8,11-14,16,18H2,1-2H3,(H,32,36)(H,34,35). The first-order valence-corrected chi connectivity index (χ1v) is 14.2. The number of carboxylic acid groups (broad SMARTS) is 1.